The van der Waals surface area contributed by atoms with Gasteiger partial charge in [0.2, 0.25) is 0 Å². The van der Waals surface area contributed by atoms with E-state index in [1.54, 1.807) is 0 Å². The van der Waals surface area contributed by atoms with Crippen LogP contribution in [0.2, 0.25) is 0 Å². The SMILES string of the molecule is c1ccc(-c2ccccc2-n2c3ccccc3c3cc(-c4ccc5c(c4)c4ccccc4n5-c4cccc5c4-c4ccccc4CO5)ccc32)cc1. The van der Waals surface area contributed by atoms with E-state index in [0.29, 0.717) is 6.61 Å². The van der Waals surface area contributed by atoms with E-state index in [-0.39, 0.29) is 0 Å². The monoisotopic (exact) mass is 664 g/mol. The molecule has 0 amide bonds. The second-order valence-corrected chi connectivity index (χ2v) is 13.6. The van der Waals surface area contributed by atoms with E-state index in [2.05, 4.69) is 191 Å². The molecule has 11 rings (SSSR count). The summed E-state index contributed by atoms with van der Waals surface area (Å²) in [6.07, 6.45) is 0. The van der Waals surface area contributed by atoms with E-state index in [0.717, 1.165) is 17.0 Å². The van der Waals surface area contributed by atoms with Crippen molar-refractivity contribution in [1.82, 2.24) is 9.13 Å². The first-order chi connectivity index (χ1) is 25.8. The lowest BCUT2D eigenvalue weighted by molar-refractivity contribution is 0.302. The van der Waals surface area contributed by atoms with Gasteiger partial charge in [0, 0.05) is 32.7 Å². The normalized spacial score (nSPS) is 12.3. The quantitative estimate of drug-likeness (QED) is 0.183. The van der Waals surface area contributed by atoms with Gasteiger partial charge in [0.1, 0.15) is 12.4 Å². The zero-order valence-electron chi connectivity index (χ0n) is 28.3. The summed E-state index contributed by atoms with van der Waals surface area (Å²) in [7, 11) is 0. The minimum Gasteiger partial charge on any atom is -0.488 e. The van der Waals surface area contributed by atoms with Crippen molar-refractivity contribution in [2.24, 2.45) is 0 Å². The van der Waals surface area contributed by atoms with Gasteiger partial charge in [-0.1, -0.05) is 127 Å². The predicted octanol–water partition coefficient (Wildman–Crippen LogP) is 12.8. The van der Waals surface area contributed by atoms with Gasteiger partial charge in [-0.3, -0.25) is 0 Å². The van der Waals surface area contributed by atoms with Crippen LogP contribution in [0.25, 0.3) is 88.4 Å². The van der Waals surface area contributed by atoms with Crippen molar-refractivity contribution in [3.05, 3.63) is 188 Å². The highest BCUT2D eigenvalue weighted by molar-refractivity contribution is 6.13. The molecule has 0 saturated heterocycles. The maximum atomic E-state index is 6.30. The molecule has 0 N–H and O–H groups in total. The first kappa shape index (κ1) is 28.9. The molecule has 2 aromatic heterocycles. The predicted molar refractivity (Wildman–Crippen MR) is 216 cm³/mol. The van der Waals surface area contributed by atoms with Crippen molar-refractivity contribution in [1.29, 1.82) is 0 Å². The Hall–Kier alpha value is -6.84. The summed E-state index contributed by atoms with van der Waals surface area (Å²) in [4.78, 5) is 0. The van der Waals surface area contributed by atoms with Gasteiger partial charge >= 0.3 is 0 Å². The minimum atomic E-state index is 0.589. The molecule has 8 aromatic carbocycles. The molecular formula is C49H32N2O. The Morgan fingerprint density at radius 2 is 0.904 bits per heavy atom. The molecule has 0 radical (unpaired) electrons. The lowest BCUT2D eigenvalue weighted by atomic mass is 9.95. The Morgan fingerprint density at radius 3 is 1.62 bits per heavy atom. The van der Waals surface area contributed by atoms with E-state index in [1.807, 2.05) is 0 Å². The fourth-order valence-corrected chi connectivity index (χ4v) is 8.50. The number of benzene rings is 8. The van der Waals surface area contributed by atoms with Crippen molar-refractivity contribution in [3.8, 4) is 50.5 Å². The molecule has 0 saturated carbocycles. The van der Waals surface area contributed by atoms with Crippen molar-refractivity contribution in [2.45, 2.75) is 6.61 Å². The highest BCUT2D eigenvalue weighted by Gasteiger charge is 2.24. The van der Waals surface area contributed by atoms with E-state index < -0.39 is 0 Å². The molecule has 1 aliphatic rings. The van der Waals surface area contributed by atoms with Crippen molar-refractivity contribution < 1.29 is 4.74 Å². The summed E-state index contributed by atoms with van der Waals surface area (Å²) in [5.74, 6) is 0.928. The third-order valence-corrected chi connectivity index (χ3v) is 10.8. The van der Waals surface area contributed by atoms with Crippen molar-refractivity contribution >= 4 is 43.6 Å². The van der Waals surface area contributed by atoms with Crippen molar-refractivity contribution in [3.63, 3.8) is 0 Å². The molecule has 0 unspecified atom stereocenters. The lowest BCUT2D eigenvalue weighted by Gasteiger charge is -2.24. The summed E-state index contributed by atoms with van der Waals surface area (Å²) >= 11 is 0. The zero-order chi connectivity index (χ0) is 34.2. The van der Waals surface area contributed by atoms with Crippen molar-refractivity contribution in [2.75, 3.05) is 0 Å². The van der Waals surface area contributed by atoms with Gasteiger partial charge in [-0.05, 0) is 82.4 Å². The fraction of sp³-hybridized carbons (Fsp3) is 0.0204. The topological polar surface area (TPSA) is 19.1 Å². The molecule has 3 heteroatoms. The fourth-order valence-electron chi connectivity index (χ4n) is 8.50. The second-order valence-electron chi connectivity index (χ2n) is 13.6. The highest BCUT2D eigenvalue weighted by Crippen LogP contribution is 2.45. The van der Waals surface area contributed by atoms with Crippen LogP contribution in [0.1, 0.15) is 5.56 Å². The van der Waals surface area contributed by atoms with Crippen LogP contribution in [-0.4, -0.2) is 9.13 Å². The van der Waals surface area contributed by atoms with Crippen LogP contribution in [0.5, 0.6) is 5.75 Å². The summed E-state index contributed by atoms with van der Waals surface area (Å²) in [5.41, 5.74) is 15.5. The molecule has 0 bridgehead atoms. The first-order valence-corrected chi connectivity index (χ1v) is 17.9. The molecule has 10 aromatic rings. The van der Waals surface area contributed by atoms with E-state index >= 15 is 0 Å². The van der Waals surface area contributed by atoms with Crippen LogP contribution < -0.4 is 4.74 Å². The number of aromatic nitrogens is 2. The van der Waals surface area contributed by atoms with Crippen LogP contribution >= 0.6 is 0 Å². The Bertz CT molecular complexity index is 3020. The Balaban J connectivity index is 1.11. The molecule has 1 aliphatic heterocycles. The Morgan fingerprint density at radius 1 is 0.365 bits per heavy atom. The zero-order valence-corrected chi connectivity index (χ0v) is 28.3. The van der Waals surface area contributed by atoms with E-state index in [4.69, 9.17) is 4.74 Å². The summed E-state index contributed by atoms with van der Waals surface area (Å²) in [6, 6.07) is 65.9. The summed E-state index contributed by atoms with van der Waals surface area (Å²) in [6.45, 7) is 0.589. The number of para-hydroxylation sites is 3. The third kappa shape index (κ3) is 4.26. The largest absolute Gasteiger partial charge is 0.488 e. The molecule has 244 valence electrons. The Kier molecular flexibility index (Phi) is 6.31. The highest BCUT2D eigenvalue weighted by atomic mass is 16.5. The summed E-state index contributed by atoms with van der Waals surface area (Å²) < 4.78 is 11.1. The van der Waals surface area contributed by atoms with Gasteiger partial charge in [-0.15, -0.1) is 0 Å². The average Bonchev–Trinajstić information content (AvgIpc) is 3.73. The average molecular weight is 665 g/mol. The number of fused-ring (bicyclic) bond motifs is 9. The van der Waals surface area contributed by atoms with Crippen LogP contribution in [0.15, 0.2) is 182 Å². The molecule has 0 atom stereocenters. The number of hydrogen-bond donors (Lipinski definition) is 0. The van der Waals surface area contributed by atoms with Crippen LogP contribution in [-0.2, 0) is 6.61 Å². The van der Waals surface area contributed by atoms with Crippen LogP contribution in [0.4, 0.5) is 0 Å². The van der Waals surface area contributed by atoms with Gasteiger partial charge in [-0.25, -0.2) is 0 Å². The first-order valence-electron chi connectivity index (χ1n) is 17.9. The molecular weight excluding hydrogens is 633 g/mol. The molecule has 3 nitrogen and oxygen atoms in total. The lowest BCUT2D eigenvalue weighted by Crippen LogP contribution is -2.08. The maximum absolute atomic E-state index is 6.30. The standard InChI is InChI=1S/C49H32N2O/c1-2-13-32(14-3-1)36-16-6-9-20-42(36)50-43-21-10-7-18-38(43)40-29-33(25-27-45(40)50)34-26-28-46-41(30-34)39-19-8-11-22-44(39)51(46)47-23-12-24-48-49(47)37-17-5-4-15-35(37)31-52-48/h1-30H,31H2. The molecule has 0 fully saturated rings. The summed E-state index contributed by atoms with van der Waals surface area (Å²) in [5, 5.41) is 4.96. The van der Waals surface area contributed by atoms with Gasteiger partial charge in [-0.2, -0.15) is 0 Å². The molecule has 0 aliphatic carbocycles. The van der Waals surface area contributed by atoms with Gasteiger partial charge in [0.05, 0.1) is 33.4 Å². The maximum Gasteiger partial charge on any atom is 0.129 e. The minimum absolute atomic E-state index is 0.589. The van der Waals surface area contributed by atoms with E-state index in [1.165, 1.54) is 82.7 Å². The van der Waals surface area contributed by atoms with Crippen LogP contribution in [0, 0.1) is 0 Å². The van der Waals surface area contributed by atoms with Gasteiger partial charge in [0.25, 0.3) is 0 Å². The smallest absolute Gasteiger partial charge is 0.129 e. The van der Waals surface area contributed by atoms with Crippen LogP contribution in [0.3, 0.4) is 0 Å². The number of ether oxygens (including phenoxy) is 1. The Labute approximate surface area is 301 Å². The molecule has 0 spiro atoms. The van der Waals surface area contributed by atoms with Gasteiger partial charge < -0.3 is 13.9 Å². The number of hydrogen-bond acceptors (Lipinski definition) is 1. The third-order valence-electron chi connectivity index (χ3n) is 10.8. The molecule has 52 heavy (non-hydrogen) atoms. The molecule has 3 heterocycles. The van der Waals surface area contributed by atoms with Gasteiger partial charge in [0.15, 0.2) is 0 Å². The number of nitrogens with zero attached hydrogens (tertiary/aromatic N) is 2. The number of rotatable bonds is 4. The second kappa shape index (κ2) is 11.3. The van der Waals surface area contributed by atoms with E-state index in [9.17, 15) is 0 Å².